The molecule has 0 bridgehead atoms. The van der Waals surface area contributed by atoms with Crippen LogP contribution in [0.5, 0.6) is 5.75 Å². The Bertz CT molecular complexity index is 1180. The van der Waals surface area contributed by atoms with Crippen LogP contribution >= 0.6 is 0 Å². The molecule has 6 rings (SSSR count). The molecule has 1 fully saturated rings. The predicted octanol–water partition coefficient (Wildman–Crippen LogP) is 5.62. The van der Waals surface area contributed by atoms with Gasteiger partial charge in [0.05, 0.1) is 0 Å². The van der Waals surface area contributed by atoms with E-state index in [2.05, 4.69) is 95.7 Å². The van der Waals surface area contributed by atoms with Crippen molar-refractivity contribution in [3.63, 3.8) is 0 Å². The zero-order valence-corrected chi connectivity index (χ0v) is 18.3. The normalized spacial score (nSPS) is 18.5. The maximum absolute atomic E-state index is 6.54. The van der Waals surface area contributed by atoms with Gasteiger partial charge in [0.25, 0.3) is 0 Å². The van der Waals surface area contributed by atoms with Gasteiger partial charge in [-0.1, -0.05) is 73.3 Å². The predicted molar refractivity (Wildman–Crippen MR) is 130 cm³/mol. The summed E-state index contributed by atoms with van der Waals surface area (Å²) in [5.74, 6) is 0.996. The van der Waals surface area contributed by atoms with Gasteiger partial charge in [-0.15, -0.1) is 0 Å². The molecule has 3 aliphatic heterocycles. The third-order valence-corrected chi connectivity index (χ3v) is 7.10. The first kappa shape index (κ1) is 19.4. The molecule has 32 heavy (non-hydrogen) atoms. The second-order valence-electron chi connectivity index (χ2n) is 9.12. The molecule has 1 N–H and O–H groups in total. The van der Waals surface area contributed by atoms with Crippen LogP contribution in [0.25, 0.3) is 11.3 Å². The fourth-order valence-electron chi connectivity index (χ4n) is 5.25. The summed E-state index contributed by atoms with van der Waals surface area (Å²) < 4.78 is 6.54. The van der Waals surface area contributed by atoms with E-state index in [1.165, 1.54) is 33.4 Å². The molecular formula is C29H28N2O. The highest BCUT2D eigenvalue weighted by molar-refractivity contribution is 5.85. The molecule has 0 aromatic heterocycles. The highest BCUT2D eigenvalue weighted by Crippen LogP contribution is 2.42. The first-order valence-electron chi connectivity index (χ1n) is 11.5. The number of para-hydroxylation sites is 1. The molecule has 0 aliphatic carbocycles. The lowest BCUT2D eigenvalue weighted by Crippen LogP contribution is -2.46. The number of fused-ring (bicyclic) bond motifs is 2. The summed E-state index contributed by atoms with van der Waals surface area (Å²) in [6.45, 7) is 8.27. The minimum atomic E-state index is -0.210. The van der Waals surface area contributed by atoms with Crippen molar-refractivity contribution >= 4 is 11.3 Å². The van der Waals surface area contributed by atoms with E-state index >= 15 is 0 Å². The molecule has 1 saturated heterocycles. The highest BCUT2D eigenvalue weighted by atomic mass is 16.5. The SMILES string of the molecule is C=C(c1ccc(C2=CC3(CCNCC3)Oc3ccccc32)cc1)N1Cc2ccccc2C1. The first-order chi connectivity index (χ1) is 15.7. The van der Waals surface area contributed by atoms with Crippen molar-refractivity contribution in [2.75, 3.05) is 13.1 Å². The van der Waals surface area contributed by atoms with Gasteiger partial charge in [0.1, 0.15) is 11.4 Å². The molecule has 3 nitrogen and oxygen atoms in total. The molecule has 0 saturated carbocycles. The van der Waals surface area contributed by atoms with Crippen LogP contribution in [-0.4, -0.2) is 23.6 Å². The summed E-state index contributed by atoms with van der Waals surface area (Å²) in [6.07, 6.45) is 4.36. The Balaban J connectivity index is 1.30. The second kappa shape index (κ2) is 7.68. The van der Waals surface area contributed by atoms with Gasteiger partial charge in [0.15, 0.2) is 0 Å². The zero-order valence-electron chi connectivity index (χ0n) is 18.3. The van der Waals surface area contributed by atoms with Crippen molar-refractivity contribution in [3.05, 3.63) is 113 Å². The van der Waals surface area contributed by atoms with Crippen LogP contribution in [-0.2, 0) is 13.1 Å². The maximum atomic E-state index is 6.54. The molecule has 0 unspecified atom stereocenters. The molecule has 3 heteroatoms. The number of hydrogen-bond donors (Lipinski definition) is 1. The lowest BCUT2D eigenvalue weighted by molar-refractivity contribution is 0.0817. The summed E-state index contributed by atoms with van der Waals surface area (Å²) in [7, 11) is 0. The molecule has 0 radical (unpaired) electrons. The van der Waals surface area contributed by atoms with Gasteiger partial charge in [-0.05, 0) is 53.1 Å². The Labute approximate surface area is 190 Å². The summed E-state index contributed by atoms with van der Waals surface area (Å²) in [6, 6.07) is 26.0. The van der Waals surface area contributed by atoms with E-state index in [1.54, 1.807) is 0 Å². The van der Waals surface area contributed by atoms with E-state index in [4.69, 9.17) is 4.74 Å². The quantitative estimate of drug-likeness (QED) is 0.595. The molecule has 3 aliphatic rings. The van der Waals surface area contributed by atoms with Crippen LogP contribution in [0, 0.1) is 0 Å². The molecule has 3 aromatic carbocycles. The van der Waals surface area contributed by atoms with Gasteiger partial charge in [-0.2, -0.15) is 0 Å². The van der Waals surface area contributed by atoms with Crippen molar-refractivity contribution in [2.24, 2.45) is 0 Å². The number of rotatable bonds is 3. The molecule has 3 aromatic rings. The Morgan fingerprint density at radius 1 is 0.844 bits per heavy atom. The number of benzene rings is 3. The van der Waals surface area contributed by atoms with Crippen LogP contribution < -0.4 is 10.1 Å². The second-order valence-corrected chi connectivity index (χ2v) is 9.12. The third-order valence-electron chi connectivity index (χ3n) is 7.10. The highest BCUT2D eigenvalue weighted by Gasteiger charge is 2.37. The number of ether oxygens (including phenoxy) is 1. The monoisotopic (exact) mass is 420 g/mol. The molecule has 3 heterocycles. The largest absolute Gasteiger partial charge is 0.482 e. The Morgan fingerprint density at radius 3 is 2.22 bits per heavy atom. The standard InChI is InChI=1S/C29H28N2O/c1-21(31-19-24-6-2-3-7-25(24)20-31)22-10-12-23(13-11-22)27-18-29(14-16-30-17-15-29)32-28-9-5-4-8-26(27)28/h2-13,18,30H,1,14-17,19-20H2. The summed E-state index contributed by atoms with van der Waals surface area (Å²) >= 11 is 0. The topological polar surface area (TPSA) is 24.5 Å². The minimum Gasteiger partial charge on any atom is -0.482 e. The summed E-state index contributed by atoms with van der Waals surface area (Å²) in [5, 5.41) is 3.46. The van der Waals surface area contributed by atoms with Crippen molar-refractivity contribution < 1.29 is 4.74 Å². The summed E-state index contributed by atoms with van der Waals surface area (Å²) in [4.78, 5) is 2.37. The van der Waals surface area contributed by atoms with E-state index in [9.17, 15) is 0 Å². The number of hydrogen-bond acceptors (Lipinski definition) is 3. The number of nitrogens with zero attached hydrogens (tertiary/aromatic N) is 1. The number of piperidine rings is 1. The van der Waals surface area contributed by atoms with Crippen molar-refractivity contribution in [3.8, 4) is 5.75 Å². The Kier molecular flexibility index (Phi) is 4.65. The van der Waals surface area contributed by atoms with Crippen LogP contribution in [0.15, 0.2) is 85.5 Å². The zero-order chi connectivity index (χ0) is 21.5. The third kappa shape index (κ3) is 3.34. The molecule has 160 valence electrons. The summed E-state index contributed by atoms with van der Waals surface area (Å²) in [5.41, 5.74) is 8.56. The van der Waals surface area contributed by atoms with E-state index in [1.807, 2.05) is 0 Å². The molecular weight excluding hydrogens is 392 g/mol. The Hall–Kier alpha value is -3.30. The van der Waals surface area contributed by atoms with Gasteiger partial charge < -0.3 is 15.0 Å². The molecule has 0 atom stereocenters. The van der Waals surface area contributed by atoms with Crippen molar-refractivity contribution in [1.82, 2.24) is 10.2 Å². The lowest BCUT2D eigenvalue weighted by atomic mass is 9.83. The average Bonchev–Trinajstić information content (AvgIpc) is 3.28. The van der Waals surface area contributed by atoms with Crippen LogP contribution in [0.3, 0.4) is 0 Å². The number of nitrogens with one attached hydrogen (secondary N) is 1. The smallest absolute Gasteiger partial charge is 0.130 e. The van der Waals surface area contributed by atoms with E-state index in [0.29, 0.717) is 0 Å². The van der Waals surface area contributed by atoms with Gasteiger partial charge in [-0.25, -0.2) is 0 Å². The minimum absolute atomic E-state index is 0.210. The van der Waals surface area contributed by atoms with Crippen molar-refractivity contribution in [1.29, 1.82) is 0 Å². The van der Waals surface area contributed by atoms with E-state index in [-0.39, 0.29) is 5.60 Å². The Morgan fingerprint density at radius 2 is 1.50 bits per heavy atom. The lowest BCUT2D eigenvalue weighted by Gasteiger charge is -2.40. The average molecular weight is 421 g/mol. The fourth-order valence-corrected chi connectivity index (χ4v) is 5.25. The van der Waals surface area contributed by atoms with Gasteiger partial charge in [0, 0.05) is 37.2 Å². The van der Waals surface area contributed by atoms with Crippen molar-refractivity contribution in [2.45, 2.75) is 31.5 Å². The fraction of sp³-hybridized carbons (Fsp3) is 0.241. The van der Waals surface area contributed by atoms with Crippen LogP contribution in [0.4, 0.5) is 0 Å². The maximum Gasteiger partial charge on any atom is 0.130 e. The van der Waals surface area contributed by atoms with Gasteiger partial charge >= 0.3 is 0 Å². The van der Waals surface area contributed by atoms with Crippen LogP contribution in [0.1, 0.15) is 40.7 Å². The first-order valence-corrected chi connectivity index (χ1v) is 11.5. The van der Waals surface area contributed by atoms with Crippen LogP contribution in [0.2, 0.25) is 0 Å². The molecule has 0 amide bonds. The van der Waals surface area contributed by atoms with E-state index in [0.717, 1.165) is 50.5 Å². The van der Waals surface area contributed by atoms with E-state index < -0.39 is 0 Å². The van der Waals surface area contributed by atoms with Gasteiger partial charge in [0.2, 0.25) is 0 Å². The molecule has 1 spiro atoms. The van der Waals surface area contributed by atoms with Gasteiger partial charge in [-0.3, -0.25) is 0 Å².